The molecule has 0 bridgehead atoms. The van der Waals surface area contributed by atoms with Crippen LogP contribution in [0.4, 0.5) is 0 Å². The van der Waals surface area contributed by atoms with E-state index in [4.69, 9.17) is 0 Å². The van der Waals surface area contributed by atoms with Crippen molar-refractivity contribution in [2.75, 3.05) is 6.54 Å². The van der Waals surface area contributed by atoms with E-state index in [1.165, 1.54) is 0 Å². The third kappa shape index (κ3) is 1.15. The minimum absolute atomic E-state index is 0.0104. The zero-order chi connectivity index (χ0) is 5.82. The van der Waals surface area contributed by atoms with Crippen LogP contribution >= 0.6 is 0 Å². The van der Waals surface area contributed by atoms with Gasteiger partial charge in [-0.05, 0) is 12.8 Å². The van der Waals surface area contributed by atoms with Crippen molar-refractivity contribution in [1.82, 2.24) is 0 Å². The van der Waals surface area contributed by atoms with Crippen molar-refractivity contribution in [3.05, 3.63) is 0 Å². The lowest BCUT2D eigenvalue weighted by Crippen LogP contribution is -2.08. The first-order chi connectivity index (χ1) is 3.93. The number of aliphatic imine (C=N–C) groups is 1. The summed E-state index contributed by atoms with van der Waals surface area (Å²) in [5, 5.41) is 0. The molecule has 43 valence electrons. The van der Waals surface area contributed by atoms with Crippen molar-refractivity contribution in [2.24, 2.45) is 10.9 Å². The summed E-state index contributed by atoms with van der Waals surface area (Å²) >= 11 is 0. The normalized spacial score (nSPS) is 27.8. The topological polar surface area (TPSA) is 29.4 Å². The van der Waals surface area contributed by atoms with E-state index in [0.29, 0.717) is 0 Å². The van der Waals surface area contributed by atoms with Gasteiger partial charge < -0.3 is 0 Å². The Morgan fingerprint density at radius 2 is 2.62 bits per heavy atom. The van der Waals surface area contributed by atoms with Crippen LogP contribution in [0, 0.1) is 5.92 Å². The first-order valence-electron chi connectivity index (χ1n) is 2.81. The molecule has 1 aliphatic rings. The van der Waals surface area contributed by atoms with E-state index in [-0.39, 0.29) is 5.92 Å². The van der Waals surface area contributed by atoms with Crippen LogP contribution in [0.5, 0.6) is 0 Å². The van der Waals surface area contributed by atoms with Gasteiger partial charge in [0, 0.05) is 12.8 Å². The van der Waals surface area contributed by atoms with E-state index in [1.54, 1.807) is 6.21 Å². The van der Waals surface area contributed by atoms with E-state index in [2.05, 4.69) is 4.99 Å². The molecule has 1 radical (unpaired) electrons. The van der Waals surface area contributed by atoms with Crippen molar-refractivity contribution < 1.29 is 4.79 Å². The third-order valence-corrected chi connectivity index (χ3v) is 1.24. The molecule has 0 spiro atoms. The maximum atomic E-state index is 9.94. The monoisotopic (exact) mass is 110 g/mol. The Morgan fingerprint density at radius 3 is 3.00 bits per heavy atom. The highest BCUT2D eigenvalue weighted by molar-refractivity contribution is 5.81. The highest BCUT2D eigenvalue weighted by Gasteiger charge is 2.06. The predicted molar refractivity (Wildman–Crippen MR) is 31.8 cm³/mol. The lowest BCUT2D eigenvalue weighted by molar-refractivity contribution is 0.531. The van der Waals surface area contributed by atoms with Crippen LogP contribution < -0.4 is 0 Å². The molecular formula is C6H8NO. The molecule has 0 N–H and O–H groups in total. The van der Waals surface area contributed by atoms with E-state index in [0.717, 1.165) is 19.4 Å². The zero-order valence-corrected chi connectivity index (χ0v) is 4.63. The van der Waals surface area contributed by atoms with Gasteiger partial charge in [0.1, 0.15) is 0 Å². The molecule has 1 rings (SSSR count). The van der Waals surface area contributed by atoms with Crippen molar-refractivity contribution in [2.45, 2.75) is 12.8 Å². The Kier molecular flexibility index (Phi) is 1.78. The third-order valence-electron chi connectivity index (χ3n) is 1.24. The summed E-state index contributed by atoms with van der Waals surface area (Å²) < 4.78 is 0. The molecule has 0 saturated heterocycles. The van der Waals surface area contributed by atoms with Gasteiger partial charge in [-0.25, -0.2) is 0 Å². The molecule has 0 aromatic rings. The van der Waals surface area contributed by atoms with Gasteiger partial charge in [0.2, 0.25) is 6.29 Å². The van der Waals surface area contributed by atoms with Gasteiger partial charge in [0.05, 0.1) is 5.92 Å². The average molecular weight is 110 g/mol. The van der Waals surface area contributed by atoms with Gasteiger partial charge in [0.15, 0.2) is 0 Å². The second-order valence-corrected chi connectivity index (χ2v) is 1.92. The van der Waals surface area contributed by atoms with Crippen LogP contribution in [0.1, 0.15) is 12.8 Å². The van der Waals surface area contributed by atoms with Gasteiger partial charge in [0.25, 0.3) is 0 Å². The number of carbonyl (C=O) groups excluding carboxylic acids is 1. The van der Waals surface area contributed by atoms with Gasteiger partial charge in [-0.15, -0.1) is 0 Å². The molecule has 1 unspecified atom stereocenters. The molecule has 0 aliphatic carbocycles. The second-order valence-electron chi connectivity index (χ2n) is 1.92. The molecule has 1 aliphatic heterocycles. The molecule has 1 atom stereocenters. The summed E-state index contributed by atoms with van der Waals surface area (Å²) in [5.74, 6) is -0.0104. The molecule has 0 aromatic heterocycles. The molecule has 2 nitrogen and oxygen atoms in total. The van der Waals surface area contributed by atoms with E-state index >= 15 is 0 Å². The van der Waals surface area contributed by atoms with Crippen LogP contribution in [0.15, 0.2) is 4.99 Å². The lowest BCUT2D eigenvalue weighted by Gasteiger charge is -2.05. The molecule has 0 saturated carbocycles. The number of rotatable bonds is 1. The summed E-state index contributed by atoms with van der Waals surface area (Å²) in [6, 6.07) is 0. The fourth-order valence-electron chi connectivity index (χ4n) is 0.768. The summed E-state index contributed by atoms with van der Waals surface area (Å²) in [6.45, 7) is 0.887. The van der Waals surface area contributed by atoms with Crippen molar-refractivity contribution in [3.63, 3.8) is 0 Å². The first-order valence-corrected chi connectivity index (χ1v) is 2.81. The van der Waals surface area contributed by atoms with E-state index in [1.807, 2.05) is 6.29 Å². The Labute approximate surface area is 48.6 Å². The van der Waals surface area contributed by atoms with Crippen LogP contribution in [-0.2, 0) is 4.79 Å². The average Bonchev–Trinajstić information content (AvgIpc) is 1.90. The maximum absolute atomic E-state index is 9.94. The van der Waals surface area contributed by atoms with Crippen molar-refractivity contribution in [3.8, 4) is 0 Å². The van der Waals surface area contributed by atoms with Gasteiger partial charge in [-0.1, -0.05) is 0 Å². The summed E-state index contributed by atoms with van der Waals surface area (Å²) in [4.78, 5) is 13.9. The number of hydrogen-bond donors (Lipinski definition) is 0. The smallest absolute Gasteiger partial charge is 0.207 e. The fourth-order valence-corrected chi connectivity index (χ4v) is 0.768. The van der Waals surface area contributed by atoms with Crippen molar-refractivity contribution in [1.29, 1.82) is 0 Å². The van der Waals surface area contributed by atoms with Gasteiger partial charge in [-0.3, -0.25) is 9.79 Å². The number of nitrogens with zero attached hydrogens (tertiary/aromatic N) is 1. The molecular weight excluding hydrogens is 102 g/mol. The molecule has 0 fully saturated rings. The fraction of sp³-hybridized carbons (Fsp3) is 0.667. The molecule has 2 heteroatoms. The van der Waals surface area contributed by atoms with Crippen LogP contribution in [0.25, 0.3) is 0 Å². The Morgan fingerprint density at radius 1 is 1.75 bits per heavy atom. The minimum atomic E-state index is -0.0104. The van der Waals surface area contributed by atoms with Gasteiger partial charge in [-0.2, -0.15) is 0 Å². The molecule has 1 heterocycles. The SMILES string of the molecule is O=[C]C1C=NCCC1. The summed E-state index contributed by atoms with van der Waals surface area (Å²) in [5.41, 5.74) is 0. The van der Waals surface area contributed by atoms with E-state index in [9.17, 15) is 4.79 Å². The highest BCUT2D eigenvalue weighted by atomic mass is 16.1. The van der Waals surface area contributed by atoms with Crippen LogP contribution in [-0.4, -0.2) is 19.0 Å². The van der Waals surface area contributed by atoms with Crippen LogP contribution in [0.2, 0.25) is 0 Å². The highest BCUT2D eigenvalue weighted by Crippen LogP contribution is 2.05. The van der Waals surface area contributed by atoms with Crippen molar-refractivity contribution >= 4 is 12.5 Å². The summed E-state index contributed by atoms with van der Waals surface area (Å²) in [6.07, 6.45) is 5.57. The Hall–Kier alpha value is -0.660. The van der Waals surface area contributed by atoms with Crippen LogP contribution in [0.3, 0.4) is 0 Å². The maximum Gasteiger partial charge on any atom is 0.207 e. The standard InChI is InChI=1S/C6H8NO/c8-5-6-2-1-3-7-4-6/h4,6H,1-3H2. The molecule has 0 amide bonds. The molecule has 8 heavy (non-hydrogen) atoms. The zero-order valence-electron chi connectivity index (χ0n) is 4.63. The van der Waals surface area contributed by atoms with Gasteiger partial charge >= 0.3 is 0 Å². The number of hydrogen-bond acceptors (Lipinski definition) is 2. The largest absolute Gasteiger partial charge is 0.297 e. The summed E-state index contributed by atoms with van der Waals surface area (Å²) in [7, 11) is 0. The lowest BCUT2D eigenvalue weighted by atomic mass is 10.0. The predicted octanol–water partition coefficient (Wildman–Crippen LogP) is 0.577. The minimum Gasteiger partial charge on any atom is -0.297 e. The quantitative estimate of drug-likeness (QED) is 0.485. The Balaban J connectivity index is 2.42. The Bertz CT molecular complexity index is 109. The second kappa shape index (κ2) is 2.60. The van der Waals surface area contributed by atoms with E-state index < -0.39 is 0 Å². The molecule has 0 aromatic carbocycles. The first kappa shape index (κ1) is 5.48.